The quantitative estimate of drug-likeness (QED) is 0.411. The zero-order chi connectivity index (χ0) is 22.4. The minimum Gasteiger partial charge on any atom is -0.504 e. The number of hydrogen-bond donors (Lipinski definition) is 1. The number of ketones is 1. The van der Waals surface area contributed by atoms with E-state index in [0.29, 0.717) is 17.9 Å². The first kappa shape index (κ1) is 23.5. The summed E-state index contributed by atoms with van der Waals surface area (Å²) >= 11 is 0. The van der Waals surface area contributed by atoms with Crippen molar-refractivity contribution in [2.75, 3.05) is 0 Å². The summed E-state index contributed by atoms with van der Waals surface area (Å²) in [4.78, 5) is 12.2. The highest BCUT2D eigenvalue weighted by atomic mass is 19.1. The molecular weight excluding hydrogens is 387 g/mol. The number of hydrogen-bond acceptors (Lipinski definition) is 2. The van der Waals surface area contributed by atoms with E-state index >= 15 is 0 Å². The number of benzene rings is 2. The molecule has 1 atom stereocenters. The molecule has 0 amide bonds. The molecule has 0 aliphatic heterocycles. The lowest BCUT2D eigenvalue weighted by atomic mass is 9.73. The average molecular weight is 425 g/mol. The van der Waals surface area contributed by atoms with Crippen LogP contribution in [-0.2, 0) is 0 Å². The largest absolute Gasteiger partial charge is 0.504 e. The van der Waals surface area contributed by atoms with E-state index in [2.05, 4.69) is 26.0 Å². The van der Waals surface area contributed by atoms with Gasteiger partial charge >= 0.3 is 0 Å². The summed E-state index contributed by atoms with van der Waals surface area (Å²) in [7, 11) is 0. The fourth-order valence-electron chi connectivity index (χ4n) is 5.13. The van der Waals surface area contributed by atoms with Gasteiger partial charge in [-0.2, -0.15) is 0 Å². The standard InChI is InChI=1S/C28H37FO2/c1-4-6-8-26(30)25-18-17-24(27(29)28(25)31)23-15-13-22(14-16-23)21-11-9-20(10-12-21)19(3)7-5-2/h13-21,31H,4-12H2,1-3H3. The molecule has 1 aliphatic rings. The number of carbonyl (C=O) groups is 1. The summed E-state index contributed by atoms with van der Waals surface area (Å²) in [6.07, 6.45) is 9.59. The van der Waals surface area contributed by atoms with Crippen molar-refractivity contribution in [3.63, 3.8) is 0 Å². The Morgan fingerprint density at radius 1 is 1.03 bits per heavy atom. The second kappa shape index (κ2) is 10.9. The number of phenolic OH excluding ortho intramolecular Hbond substituents is 1. The summed E-state index contributed by atoms with van der Waals surface area (Å²) in [5, 5.41) is 10.3. The van der Waals surface area contributed by atoms with Crippen LogP contribution in [0.1, 0.15) is 100 Å². The fraction of sp³-hybridized carbons (Fsp3) is 0.536. The molecule has 1 aliphatic carbocycles. The average Bonchev–Trinajstić information content (AvgIpc) is 2.79. The second-order valence-electron chi connectivity index (χ2n) is 9.35. The number of aromatic hydroxyl groups is 1. The van der Waals surface area contributed by atoms with Gasteiger partial charge in [0.25, 0.3) is 0 Å². The maximum Gasteiger partial charge on any atom is 0.173 e. The molecule has 31 heavy (non-hydrogen) atoms. The molecule has 1 N–H and O–H groups in total. The van der Waals surface area contributed by atoms with Crippen molar-refractivity contribution in [3.05, 3.63) is 53.3 Å². The SMILES string of the molecule is CCCCC(=O)c1ccc(-c2ccc(C3CCC(C(C)CCC)CC3)cc2)c(F)c1O. The maximum atomic E-state index is 14.9. The lowest BCUT2D eigenvalue weighted by Crippen LogP contribution is -2.19. The van der Waals surface area contributed by atoms with Gasteiger partial charge in [-0.15, -0.1) is 0 Å². The van der Waals surface area contributed by atoms with Crippen LogP contribution in [0, 0.1) is 17.7 Å². The Kier molecular flexibility index (Phi) is 8.28. The van der Waals surface area contributed by atoms with Crippen LogP contribution in [0.4, 0.5) is 4.39 Å². The fourth-order valence-corrected chi connectivity index (χ4v) is 5.13. The van der Waals surface area contributed by atoms with Crippen LogP contribution in [-0.4, -0.2) is 10.9 Å². The molecule has 168 valence electrons. The Balaban J connectivity index is 1.69. The molecule has 3 heteroatoms. The molecule has 1 fully saturated rings. The molecule has 0 bridgehead atoms. The van der Waals surface area contributed by atoms with Crippen molar-refractivity contribution >= 4 is 5.78 Å². The third-order valence-electron chi connectivity index (χ3n) is 7.19. The summed E-state index contributed by atoms with van der Waals surface area (Å²) in [5.41, 5.74) is 2.48. The van der Waals surface area contributed by atoms with Gasteiger partial charge in [-0.3, -0.25) is 4.79 Å². The van der Waals surface area contributed by atoms with E-state index in [0.717, 1.165) is 30.2 Å². The summed E-state index contributed by atoms with van der Waals surface area (Å²) < 4.78 is 14.9. The van der Waals surface area contributed by atoms with Gasteiger partial charge in [0.15, 0.2) is 17.3 Å². The minimum atomic E-state index is -0.708. The molecule has 0 aromatic heterocycles. The molecule has 2 nitrogen and oxygen atoms in total. The molecule has 0 saturated heterocycles. The van der Waals surface area contributed by atoms with Crippen molar-refractivity contribution in [1.82, 2.24) is 0 Å². The van der Waals surface area contributed by atoms with Gasteiger partial charge in [-0.05, 0) is 67.1 Å². The van der Waals surface area contributed by atoms with Crippen molar-refractivity contribution in [2.45, 2.75) is 84.5 Å². The third kappa shape index (κ3) is 5.56. The highest BCUT2D eigenvalue weighted by molar-refractivity contribution is 5.99. The van der Waals surface area contributed by atoms with Crippen molar-refractivity contribution in [2.24, 2.45) is 11.8 Å². The molecule has 1 saturated carbocycles. The van der Waals surface area contributed by atoms with E-state index in [4.69, 9.17) is 0 Å². The molecular formula is C28H37FO2. The minimum absolute atomic E-state index is 0.0837. The van der Waals surface area contributed by atoms with E-state index in [9.17, 15) is 14.3 Å². The number of unbranched alkanes of at least 4 members (excludes halogenated alkanes) is 1. The normalized spacial score (nSPS) is 19.9. The van der Waals surface area contributed by atoms with Crippen molar-refractivity contribution in [3.8, 4) is 16.9 Å². The van der Waals surface area contributed by atoms with E-state index in [1.807, 2.05) is 19.1 Å². The molecule has 0 radical (unpaired) electrons. The molecule has 0 heterocycles. The molecule has 0 spiro atoms. The van der Waals surface area contributed by atoms with Crippen molar-refractivity contribution < 1.29 is 14.3 Å². The van der Waals surface area contributed by atoms with Gasteiger partial charge in [0.2, 0.25) is 0 Å². The van der Waals surface area contributed by atoms with Gasteiger partial charge in [0, 0.05) is 12.0 Å². The number of halogens is 1. The molecule has 1 unspecified atom stereocenters. The topological polar surface area (TPSA) is 37.3 Å². The van der Waals surface area contributed by atoms with Crippen LogP contribution in [0.2, 0.25) is 0 Å². The second-order valence-corrected chi connectivity index (χ2v) is 9.35. The Hall–Kier alpha value is -2.16. The maximum absolute atomic E-state index is 14.9. The summed E-state index contributed by atoms with van der Waals surface area (Å²) in [6.45, 7) is 6.67. The van der Waals surface area contributed by atoms with Gasteiger partial charge < -0.3 is 5.11 Å². The zero-order valence-corrected chi connectivity index (χ0v) is 19.3. The van der Waals surface area contributed by atoms with Crippen molar-refractivity contribution in [1.29, 1.82) is 0 Å². The van der Waals surface area contributed by atoms with Gasteiger partial charge in [0.1, 0.15) is 0 Å². The first-order valence-electron chi connectivity index (χ1n) is 12.1. The first-order valence-corrected chi connectivity index (χ1v) is 12.1. The van der Waals surface area contributed by atoms with E-state index in [1.54, 1.807) is 12.1 Å². The predicted octanol–water partition coefficient (Wildman–Crippen LogP) is 8.28. The van der Waals surface area contributed by atoms with Crippen LogP contribution in [0.3, 0.4) is 0 Å². The molecule has 2 aromatic rings. The lowest BCUT2D eigenvalue weighted by Gasteiger charge is -2.32. The smallest absolute Gasteiger partial charge is 0.173 e. The van der Waals surface area contributed by atoms with Crippen LogP contribution >= 0.6 is 0 Å². The molecule has 3 rings (SSSR count). The van der Waals surface area contributed by atoms with Crippen LogP contribution in [0.5, 0.6) is 5.75 Å². The Bertz CT molecular complexity index is 863. The summed E-state index contributed by atoms with van der Waals surface area (Å²) in [5.74, 6) is 0.814. The van der Waals surface area contributed by atoms with E-state index < -0.39 is 11.6 Å². The van der Waals surface area contributed by atoms with Gasteiger partial charge in [0.05, 0.1) is 5.56 Å². The Morgan fingerprint density at radius 3 is 2.32 bits per heavy atom. The predicted molar refractivity (Wildman–Crippen MR) is 126 cm³/mol. The summed E-state index contributed by atoms with van der Waals surface area (Å²) in [6, 6.07) is 11.3. The zero-order valence-electron chi connectivity index (χ0n) is 19.3. The van der Waals surface area contributed by atoms with Crippen LogP contribution < -0.4 is 0 Å². The highest BCUT2D eigenvalue weighted by Gasteiger charge is 2.26. The van der Waals surface area contributed by atoms with E-state index in [-0.39, 0.29) is 11.3 Å². The Morgan fingerprint density at radius 2 is 1.71 bits per heavy atom. The number of phenols is 1. The monoisotopic (exact) mass is 424 g/mol. The lowest BCUT2D eigenvalue weighted by molar-refractivity contribution is 0.0976. The van der Waals surface area contributed by atoms with Gasteiger partial charge in [-0.25, -0.2) is 4.39 Å². The molecule has 2 aromatic carbocycles. The van der Waals surface area contributed by atoms with Crippen LogP contribution in [0.15, 0.2) is 36.4 Å². The van der Waals surface area contributed by atoms with Crippen LogP contribution in [0.25, 0.3) is 11.1 Å². The third-order valence-corrected chi connectivity index (χ3v) is 7.19. The Labute approximate surface area is 186 Å². The number of rotatable bonds is 9. The van der Waals surface area contributed by atoms with Gasteiger partial charge in [-0.1, -0.05) is 70.4 Å². The number of Topliss-reactive ketones (excluding diaryl/α,β-unsaturated/α-hetero) is 1. The highest BCUT2D eigenvalue weighted by Crippen LogP contribution is 2.40. The number of carbonyl (C=O) groups excluding carboxylic acids is 1. The van der Waals surface area contributed by atoms with E-state index in [1.165, 1.54) is 44.1 Å². The first-order chi connectivity index (χ1) is 15.0.